The van der Waals surface area contributed by atoms with Gasteiger partial charge in [0.2, 0.25) is 0 Å². The third-order valence-corrected chi connectivity index (χ3v) is 2.49. The summed E-state index contributed by atoms with van der Waals surface area (Å²) in [7, 11) is 0. The molecule has 0 unspecified atom stereocenters. The van der Waals surface area contributed by atoms with Gasteiger partial charge in [-0.1, -0.05) is 0 Å². The highest BCUT2D eigenvalue weighted by atomic mass is 16.6. The first kappa shape index (κ1) is 12.8. The van der Waals surface area contributed by atoms with Gasteiger partial charge >= 0.3 is 6.09 Å². The van der Waals surface area contributed by atoms with Crippen LogP contribution in [0.5, 0.6) is 0 Å². The predicted molar refractivity (Wildman–Crippen MR) is 57.5 cm³/mol. The maximum Gasteiger partial charge on any atom is 0.408 e. The molecular weight excluding hydrogens is 208 g/mol. The predicted octanol–water partition coefficient (Wildman–Crippen LogP) is 1.18. The van der Waals surface area contributed by atoms with E-state index in [1.54, 1.807) is 20.8 Å². The Balaban J connectivity index is 2.48. The van der Waals surface area contributed by atoms with E-state index >= 15 is 0 Å². The zero-order valence-corrected chi connectivity index (χ0v) is 9.91. The molecule has 0 atom stereocenters. The van der Waals surface area contributed by atoms with Crippen LogP contribution in [-0.2, 0) is 4.74 Å². The van der Waals surface area contributed by atoms with Gasteiger partial charge in [-0.15, -0.1) is 0 Å². The van der Waals surface area contributed by atoms with Crippen LogP contribution in [0.25, 0.3) is 0 Å². The molecule has 1 rings (SSSR count). The van der Waals surface area contributed by atoms with Crippen molar-refractivity contribution in [3.8, 4) is 6.07 Å². The van der Waals surface area contributed by atoms with E-state index in [2.05, 4.69) is 11.4 Å². The molecule has 90 valence electrons. The van der Waals surface area contributed by atoms with Gasteiger partial charge in [-0.2, -0.15) is 5.26 Å². The molecule has 5 nitrogen and oxygen atoms in total. The van der Waals surface area contributed by atoms with Gasteiger partial charge in [-0.25, -0.2) is 4.79 Å². The van der Waals surface area contributed by atoms with Crippen molar-refractivity contribution in [3.63, 3.8) is 0 Å². The van der Waals surface area contributed by atoms with Crippen LogP contribution < -0.4 is 5.32 Å². The van der Waals surface area contributed by atoms with E-state index in [9.17, 15) is 4.79 Å². The molecule has 1 fully saturated rings. The van der Waals surface area contributed by atoms with E-state index in [1.165, 1.54) is 0 Å². The van der Waals surface area contributed by atoms with Crippen LogP contribution >= 0.6 is 0 Å². The average Bonchev–Trinajstić information content (AvgIpc) is 2.07. The summed E-state index contributed by atoms with van der Waals surface area (Å²) in [5.41, 5.74) is -1.42. The van der Waals surface area contributed by atoms with Crippen molar-refractivity contribution in [2.45, 2.75) is 44.8 Å². The number of nitrogens with one attached hydrogen (secondary N) is 1. The Kier molecular flexibility index (Phi) is 3.44. The fraction of sp³-hybridized carbons (Fsp3) is 0.818. The van der Waals surface area contributed by atoms with Crippen molar-refractivity contribution < 1.29 is 14.6 Å². The molecule has 1 saturated carbocycles. The molecule has 0 radical (unpaired) electrons. The first-order chi connectivity index (χ1) is 7.30. The Morgan fingerprint density at radius 3 is 2.56 bits per heavy atom. The first-order valence-corrected chi connectivity index (χ1v) is 5.33. The van der Waals surface area contributed by atoms with Gasteiger partial charge in [0, 0.05) is 6.61 Å². The average molecular weight is 226 g/mol. The second-order valence-corrected chi connectivity index (χ2v) is 5.28. The largest absolute Gasteiger partial charge is 0.444 e. The van der Waals surface area contributed by atoms with Crippen molar-refractivity contribution in [2.75, 3.05) is 6.61 Å². The Bertz CT molecular complexity index is 308. The van der Waals surface area contributed by atoms with Gasteiger partial charge in [0.05, 0.1) is 6.07 Å². The molecule has 5 heteroatoms. The van der Waals surface area contributed by atoms with Gasteiger partial charge in [-0.3, -0.25) is 0 Å². The zero-order chi connectivity index (χ0) is 12.4. The maximum absolute atomic E-state index is 11.5. The molecule has 16 heavy (non-hydrogen) atoms. The lowest BCUT2D eigenvalue weighted by atomic mass is 9.69. The Morgan fingerprint density at radius 2 is 2.19 bits per heavy atom. The van der Waals surface area contributed by atoms with Crippen LogP contribution in [0.15, 0.2) is 0 Å². The van der Waals surface area contributed by atoms with Gasteiger partial charge in [0.15, 0.2) is 0 Å². The van der Waals surface area contributed by atoms with Crippen LogP contribution in [0, 0.1) is 17.2 Å². The molecular formula is C11H18N2O3. The van der Waals surface area contributed by atoms with Crippen LogP contribution in [0.3, 0.4) is 0 Å². The summed E-state index contributed by atoms with van der Waals surface area (Å²) < 4.78 is 5.08. The van der Waals surface area contributed by atoms with E-state index < -0.39 is 17.2 Å². The van der Waals surface area contributed by atoms with Gasteiger partial charge in [0.25, 0.3) is 0 Å². The lowest BCUT2D eigenvalue weighted by Crippen LogP contribution is -2.57. The van der Waals surface area contributed by atoms with E-state index in [1.807, 2.05) is 0 Å². The van der Waals surface area contributed by atoms with Gasteiger partial charge < -0.3 is 15.2 Å². The summed E-state index contributed by atoms with van der Waals surface area (Å²) in [6, 6.07) is 2.07. The topological polar surface area (TPSA) is 82.3 Å². The highest BCUT2D eigenvalue weighted by Gasteiger charge is 2.46. The number of nitrogens with zero attached hydrogens (tertiary/aromatic N) is 1. The standard InChI is InChI=1S/C11H18N2O3/c1-10(2,3)16-9(15)13-11(7-12)4-8(5-11)6-14/h8,14H,4-6H2,1-3H3,(H,13,15). The fourth-order valence-electron chi connectivity index (χ4n) is 1.78. The fourth-order valence-corrected chi connectivity index (χ4v) is 1.78. The summed E-state index contributed by atoms with van der Waals surface area (Å²) in [6.45, 7) is 5.36. The minimum Gasteiger partial charge on any atom is -0.444 e. The van der Waals surface area contributed by atoms with Crippen LogP contribution in [0.4, 0.5) is 4.79 Å². The normalized spacial score (nSPS) is 28.8. The number of nitriles is 1. The number of carbonyl (C=O) groups is 1. The minimum absolute atomic E-state index is 0.0550. The van der Waals surface area contributed by atoms with Crippen LogP contribution in [-0.4, -0.2) is 28.9 Å². The number of amides is 1. The summed E-state index contributed by atoms with van der Waals surface area (Å²) >= 11 is 0. The van der Waals surface area contributed by atoms with E-state index in [4.69, 9.17) is 15.1 Å². The molecule has 1 aliphatic carbocycles. The molecule has 0 spiro atoms. The van der Waals surface area contributed by atoms with Crippen LogP contribution in [0.2, 0.25) is 0 Å². The molecule has 1 amide bonds. The molecule has 1 aliphatic rings. The third kappa shape index (κ3) is 3.11. The molecule has 0 saturated heterocycles. The van der Waals surface area contributed by atoms with Crippen LogP contribution in [0.1, 0.15) is 33.6 Å². The third-order valence-electron chi connectivity index (χ3n) is 2.49. The molecule has 0 heterocycles. The smallest absolute Gasteiger partial charge is 0.408 e. The Labute approximate surface area is 95.4 Å². The number of aliphatic hydroxyl groups is 1. The number of rotatable bonds is 2. The number of aliphatic hydroxyl groups excluding tert-OH is 1. The molecule has 0 aromatic heterocycles. The summed E-state index contributed by atoms with van der Waals surface area (Å²) in [6.07, 6.45) is 0.392. The van der Waals surface area contributed by atoms with Crippen molar-refractivity contribution in [1.82, 2.24) is 5.32 Å². The van der Waals surface area contributed by atoms with E-state index in [-0.39, 0.29) is 12.5 Å². The number of carbonyl (C=O) groups excluding carboxylic acids is 1. The van der Waals surface area contributed by atoms with Gasteiger partial charge in [-0.05, 0) is 39.5 Å². The number of alkyl carbamates (subject to hydrolysis) is 1. The second-order valence-electron chi connectivity index (χ2n) is 5.28. The van der Waals surface area contributed by atoms with E-state index in [0.29, 0.717) is 12.8 Å². The monoisotopic (exact) mass is 226 g/mol. The number of hydrogen-bond acceptors (Lipinski definition) is 4. The molecule has 0 aromatic carbocycles. The molecule has 0 aromatic rings. The number of ether oxygens (including phenoxy) is 1. The zero-order valence-electron chi connectivity index (χ0n) is 9.91. The van der Waals surface area contributed by atoms with Crippen molar-refractivity contribution in [3.05, 3.63) is 0 Å². The Morgan fingerprint density at radius 1 is 1.62 bits per heavy atom. The van der Waals surface area contributed by atoms with E-state index in [0.717, 1.165) is 0 Å². The maximum atomic E-state index is 11.5. The first-order valence-electron chi connectivity index (χ1n) is 5.33. The van der Waals surface area contributed by atoms with Crippen molar-refractivity contribution in [1.29, 1.82) is 5.26 Å². The highest BCUT2D eigenvalue weighted by Crippen LogP contribution is 2.37. The molecule has 0 aliphatic heterocycles. The molecule has 2 N–H and O–H groups in total. The second kappa shape index (κ2) is 4.30. The van der Waals surface area contributed by atoms with Crippen molar-refractivity contribution in [2.24, 2.45) is 5.92 Å². The quantitative estimate of drug-likeness (QED) is 0.740. The number of hydrogen-bond donors (Lipinski definition) is 2. The molecule has 0 bridgehead atoms. The van der Waals surface area contributed by atoms with Gasteiger partial charge in [0.1, 0.15) is 11.1 Å². The lowest BCUT2D eigenvalue weighted by Gasteiger charge is -2.42. The minimum atomic E-state index is -0.851. The Hall–Kier alpha value is -1.28. The lowest BCUT2D eigenvalue weighted by molar-refractivity contribution is 0.0320. The SMILES string of the molecule is CC(C)(C)OC(=O)NC1(C#N)CC(CO)C1. The summed E-state index contributed by atoms with van der Waals surface area (Å²) in [5.74, 6) is 0.106. The summed E-state index contributed by atoms with van der Waals surface area (Å²) in [4.78, 5) is 11.5. The summed E-state index contributed by atoms with van der Waals surface area (Å²) in [5, 5.41) is 20.4. The highest BCUT2D eigenvalue weighted by molar-refractivity contribution is 5.69. The van der Waals surface area contributed by atoms with Crippen molar-refractivity contribution >= 4 is 6.09 Å².